The summed E-state index contributed by atoms with van der Waals surface area (Å²) in [4.78, 5) is 0. The molecule has 17 heavy (non-hydrogen) atoms. The molecule has 2 aromatic carbocycles. The Morgan fingerprint density at radius 1 is 1.00 bits per heavy atom. The van der Waals surface area contributed by atoms with Crippen molar-refractivity contribution < 1.29 is 0 Å². The Morgan fingerprint density at radius 3 is 2.29 bits per heavy atom. The first-order valence-corrected chi connectivity index (χ1v) is 6.23. The minimum Gasteiger partial charge on any atom is -0.326 e. The molecular formula is C16H21N. The van der Waals surface area contributed by atoms with Crippen molar-refractivity contribution in [3.63, 3.8) is 0 Å². The van der Waals surface area contributed by atoms with Gasteiger partial charge in [0.2, 0.25) is 0 Å². The van der Waals surface area contributed by atoms with Crippen molar-refractivity contribution in [3.8, 4) is 0 Å². The summed E-state index contributed by atoms with van der Waals surface area (Å²) in [5.74, 6) is 0. The SMILES string of the molecule is Cc1ccc(CCC(C)(C)N)c2ccccc12. The number of fused-ring (bicyclic) bond motifs is 1. The quantitative estimate of drug-likeness (QED) is 0.847. The highest BCUT2D eigenvalue weighted by Gasteiger charge is 2.11. The van der Waals surface area contributed by atoms with Crippen LogP contribution in [-0.4, -0.2) is 5.54 Å². The van der Waals surface area contributed by atoms with E-state index >= 15 is 0 Å². The van der Waals surface area contributed by atoms with Gasteiger partial charge in [-0.3, -0.25) is 0 Å². The molecule has 2 rings (SSSR count). The van der Waals surface area contributed by atoms with E-state index in [2.05, 4.69) is 57.2 Å². The van der Waals surface area contributed by atoms with Gasteiger partial charge in [-0.25, -0.2) is 0 Å². The van der Waals surface area contributed by atoms with Crippen LogP contribution in [0.15, 0.2) is 36.4 Å². The van der Waals surface area contributed by atoms with Gasteiger partial charge in [0.1, 0.15) is 0 Å². The number of hydrogen-bond donors (Lipinski definition) is 1. The maximum Gasteiger partial charge on any atom is 0.0100 e. The Kier molecular flexibility index (Phi) is 3.21. The number of benzene rings is 2. The average Bonchev–Trinajstić information content (AvgIpc) is 2.27. The minimum absolute atomic E-state index is 0.0913. The normalized spacial score (nSPS) is 12.0. The van der Waals surface area contributed by atoms with Gasteiger partial charge in [-0.2, -0.15) is 0 Å². The molecular weight excluding hydrogens is 206 g/mol. The van der Waals surface area contributed by atoms with Crippen LogP contribution in [0.25, 0.3) is 10.8 Å². The lowest BCUT2D eigenvalue weighted by atomic mass is 9.92. The molecule has 0 radical (unpaired) electrons. The first-order chi connectivity index (χ1) is 7.97. The lowest BCUT2D eigenvalue weighted by molar-refractivity contribution is 0.477. The lowest BCUT2D eigenvalue weighted by Gasteiger charge is -2.19. The Hall–Kier alpha value is -1.34. The standard InChI is InChI=1S/C16H21N/c1-12-8-9-13(10-11-16(2,3)17)15-7-5-4-6-14(12)15/h4-9H,10-11,17H2,1-3H3. The summed E-state index contributed by atoms with van der Waals surface area (Å²) in [7, 11) is 0. The molecule has 1 nitrogen and oxygen atoms in total. The largest absolute Gasteiger partial charge is 0.326 e. The topological polar surface area (TPSA) is 26.0 Å². The highest BCUT2D eigenvalue weighted by Crippen LogP contribution is 2.24. The molecule has 0 atom stereocenters. The van der Waals surface area contributed by atoms with E-state index in [0.29, 0.717) is 0 Å². The van der Waals surface area contributed by atoms with Crippen molar-refractivity contribution in [2.75, 3.05) is 0 Å². The van der Waals surface area contributed by atoms with Gasteiger partial charge in [0.15, 0.2) is 0 Å². The highest BCUT2D eigenvalue weighted by atomic mass is 14.7. The smallest absolute Gasteiger partial charge is 0.0100 e. The summed E-state index contributed by atoms with van der Waals surface area (Å²) in [6.45, 7) is 6.34. The van der Waals surface area contributed by atoms with E-state index in [1.807, 2.05) is 0 Å². The van der Waals surface area contributed by atoms with E-state index in [9.17, 15) is 0 Å². The van der Waals surface area contributed by atoms with E-state index in [-0.39, 0.29) is 5.54 Å². The highest BCUT2D eigenvalue weighted by molar-refractivity contribution is 5.88. The van der Waals surface area contributed by atoms with Gasteiger partial charge in [-0.05, 0) is 55.5 Å². The van der Waals surface area contributed by atoms with Gasteiger partial charge < -0.3 is 5.73 Å². The summed E-state index contributed by atoms with van der Waals surface area (Å²) in [6.07, 6.45) is 2.06. The van der Waals surface area contributed by atoms with Crippen molar-refractivity contribution in [2.24, 2.45) is 5.73 Å². The number of hydrogen-bond acceptors (Lipinski definition) is 1. The van der Waals surface area contributed by atoms with Crippen LogP contribution >= 0.6 is 0 Å². The average molecular weight is 227 g/mol. The van der Waals surface area contributed by atoms with E-state index in [1.54, 1.807) is 0 Å². The van der Waals surface area contributed by atoms with Crippen LogP contribution in [0.1, 0.15) is 31.4 Å². The molecule has 0 spiro atoms. The van der Waals surface area contributed by atoms with Crippen LogP contribution in [0, 0.1) is 6.92 Å². The van der Waals surface area contributed by atoms with E-state index in [0.717, 1.165) is 12.8 Å². The van der Waals surface area contributed by atoms with Crippen LogP contribution in [0.5, 0.6) is 0 Å². The molecule has 0 aliphatic rings. The molecule has 1 heteroatoms. The van der Waals surface area contributed by atoms with Crippen LogP contribution in [0.3, 0.4) is 0 Å². The molecule has 0 saturated carbocycles. The van der Waals surface area contributed by atoms with Gasteiger partial charge in [-0.15, -0.1) is 0 Å². The molecule has 0 heterocycles. The molecule has 0 amide bonds. The zero-order valence-electron chi connectivity index (χ0n) is 11.0. The van der Waals surface area contributed by atoms with E-state index in [1.165, 1.54) is 21.9 Å². The van der Waals surface area contributed by atoms with Gasteiger partial charge in [0, 0.05) is 5.54 Å². The van der Waals surface area contributed by atoms with E-state index < -0.39 is 0 Å². The predicted octanol–water partition coefficient (Wildman–Crippen LogP) is 3.82. The molecule has 0 aromatic heterocycles. The fraction of sp³-hybridized carbons (Fsp3) is 0.375. The second-order valence-corrected chi connectivity index (χ2v) is 5.58. The van der Waals surface area contributed by atoms with Crippen LogP contribution < -0.4 is 5.73 Å². The fourth-order valence-electron chi connectivity index (χ4n) is 2.19. The lowest BCUT2D eigenvalue weighted by Crippen LogP contribution is -2.32. The predicted molar refractivity (Wildman–Crippen MR) is 75.3 cm³/mol. The molecule has 90 valence electrons. The second-order valence-electron chi connectivity index (χ2n) is 5.58. The summed E-state index contributed by atoms with van der Waals surface area (Å²) in [5.41, 5.74) is 8.72. The van der Waals surface area contributed by atoms with Crippen LogP contribution in [-0.2, 0) is 6.42 Å². The number of aryl methyl sites for hydroxylation is 2. The monoisotopic (exact) mass is 227 g/mol. The van der Waals surface area contributed by atoms with Crippen molar-refractivity contribution in [2.45, 2.75) is 39.2 Å². The zero-order valence-corrected chi connectivity index (χ0v) is 11.0. The van der Waals surface area contributed by atoms with Crippen molar-refractivity contribution in [3.05, 3.63) is 47.5 Å². The number of nitrogens with two attached hydrogens (primary N) is 1. The molecule has 0 aliphatic carbocycles. The minimum atomic E-state index is -0.0913. The molecule has 0 saturated heterocycles. The zero-order chi connectivity index (χ0) is 12.5. The third kappa shape index (κ3) is 2.86. The molecule has 0 bridgehead atoms. The molecule has 0 unspecified atom stereocenters. The summed E-state index contributed by atoms with van der Waals surface area (Å²) in [6, 6.07) is 13.1. The van der Waals surface area contributed by atoms with Crippen molar-refractivity contribution >= 4 is 10.8 Å². The summed E-state index contributed by atoms with van der Waals surface area (Å²) >= 11 is 0. The Labute approximate surface area is 104 Å². The fourth-order valence-corrected chi connectivity index (χ4v) is 2.19. The number of rotatable bonds is 3. The van der Waals surface area contributed by atoms with Crippen LogP contribution in [0.4, 0.5) is 0 Å². The third-order valence-corrected chi connectivity index (χ3v) is 3.27. The van der Waals surface area contributed by atoms with Crippen molar-refractivity contribution in [1.29, 1.82) is 0 Å². The summed E-state index contributed by atoms with van der Waals surface area (Å²) < 4.78 is 0. The second kappa shape index (κ2) is 4.50. The first kappa shape index (κ1) is 12.1. The molecule has 2 aromatic rings. The van der Waals surface area contributed by atoms with Gasteiger partial charge in [-0.1, -0.05) is 36.4 Å². The van der Waals surface area contributed by atoms with E-state index in [4.69, 9.17) is 5.73 Å². The molecule has 2 N–H and O–H groups in total. The molecule has 0 fully saturated rings. The maximum absolute atomic E-state index is 6.06. The maximum atomic E-state index is 6.06. The Morgan fingerprint density at radius 2 is 1.65 bits per heavy atom. The Balaban J connectivity index is 2.38. The van der Waals surface area contributed by atoms with Gasteiger partial charge in [0.05, 0.1) is 0 Å². The first-order valence-electron chi connectivity index (χ1n) is 6.23. The van der Waals surface area contributed by atoms with Gasteiger partial charge >= 0.3 is 0 Å². The van der Waals surface area contributed by atoms with Gasteiger partial charge in [0.25, 0.3) is 0 Å². The third-order valence-electron chi connectivity index (χ3n) is 3.27. The Bertz CT molecular complexity index is 521. The van der Waals surface area contributed by atoms with Crippen LogP contribution in [0.2, 0.25) is 0 Å². The summed E-state index contributed by atoms with van der Waals surface area (Å²) in [5, 5.41) is 2.73. The molecule has 0 aliphatic heterocycles. The van der Waals surface area contributed by atoms with Crippen molar-refractivity contribution in [1.82, 2.24) is 0 Å².